The Morgan fingerprint density at radius 2 is 1.25 bits per heavy atom. The van der Waals surface area contributed by atoms with Crippen LogP contribution in [-0.4, -0.2) is 71.1 Å². The van der Waals surface area contributed by atoms with Gasteiger partial charge in [-0.05, 0) is 110 Å². The molecule has 61 heavy (non-hydrogen) atoms. The number of ether oxygens (including phenoxy) is 2. The quantitative estimate of drug-likeness (QED) is 0.0564. The number of aromatic hydroxyl groups is 2. The van der Waals surface area contributed by atoms with E-state index in [1.165, 1.54) is 99.1 Å². The molecule has 0 spiro atoms. The number of phenols is 2. The summed E-state index contributed by atoms with van der Waals surface area (Å²) in [7, 11) is 2.53. The van der Waals surface area contributed by atoms with Crippen molar-refractivity contribution in [1.82, 2.24) is 5.32 Å². The number of rotatable bonds is 15. The van der Waals surface area contributed by atoms with Gasteiger partial charge in [-0.3, -0.25) is 24.0 Å². The predicted molar refractivity (Wildman–Crippen MR) is 224 cm³/mol. The van der Waals surface area contributed by atoms with Crippen molar-refractivity contribution < 1.29 is 53.6 Å². The number of hydrogen-bond acceptors (Lipinski definition) is 11. The average Bonchev–Trinajstić information content (AvgIpc) is 3.24. The number of amides is 5. The molecule has 17 heteroatoms. The minimum Gasteiger partial charge on any atom is -0.508 e. The molecule has 0 aromatic heterocycles. The first kappa shape index (κ1) is 43.5. The SMILES string of the molecule is COc1cc(C(=O)Nc2ccc(C(=O)O)c(O)c2OC)ccc1NC(=O)c1ccc(NC(=O)C(CC#N)NC(=O)c2ccc(NC(=O)C(C)=Cc3ccc(O)cc3)cc2)cc1. The van der Waals surface area contributed by atoms with Crippen LogP contribution in [0.1, 0.15) is 60.3 Å². The van der Waals surface area contributed by atoms with Gasteiger partial charge in [0.05, 0.1) is 38.1 Å². The molecular weight excluding hydrogens is 789 g/mol. The van der Waals surface area contributed by atoms with Gasteiger partial charge in [-0.25, -0.2) is 4.79 Å². The number of nitrogens with one attached hydrogen (secondary N) is 5. The molecule has 0 radical (unpaired) electrons. The largest absolute Gasteiger partial charge is 0.508 e. The summed E-state index contributed by atoms with van der Waals surface area (Å²) in [4.78, 5) is 76.4. The predicted octanol–water partition coefficient (Wildman–Crippen LogP) is 6.01. The number of anilines is 4. The zero-order chi connectivity index (χ0) is 44.2. The lowest BCUT2D eigenvalue weighted by Crippen LogP contribution is -2.43. The van der Waals surface area contributed by atoms with Gasteiger partial charge in [0.25, 0.3) is 23.6 Å². The highest BCUT2D eigenvalue weighted by molar-refractivity contribution is 6.09. The molecule has 5 amide bonds. The van der Waals surface area contributed by atoms with Crippen LogP contribution < -0.4 is 36.1 Å². The third-order valence-corrected chi connectivity index (χ3v) is 8.90. The third kappa shape index (κ3) is 11.1. The zero-order valence-corrected chi connectivity index (χ0v) is 32.7. The summed E-state index contributed by atoms with van der Waals surface area (Å²) in [5.41, 5.74) is 2.06. The van der Waals surface area contributed by atoms with Crippen LogP contribution in [0.3, 0.4) is 0 Å². The molecular formula is C44H38N6O11. The standard InChI is InChI=1S/C44H38N6O11/c1-24(22-25-4-15-31(51)16-5-25)39(53)46-29-11-6-27(7-12-29)41(55)50-35(20-21-45)43(57)47-30-13-8-26(9-14-30)40(54)48-33-18-10-28(23-36(33)60-2)42(56)49-34-19-17-32(44(58)59)37(52)38(34)61-3/h4-19,22-23,35,51-52H,20H2,1-3H3,(H,46,53)(H,47,57)(H,48,54)(H,49,56)(H,50,55)(H,58,59). The Hall–Kier alpha value is -8.65. The van der Waals surface area contributed by atoms with Crippen LogP contribution in [0.4, 0.5) is 22.7 Å². The smallest absolute Gasteiger partial charge is 0.339 e. The lowest BCUT2D eigenvalue weighted by molar-refractivity contribution is -0.118. The van der Waals surface area contributed by atoms with E-state index in [0.29, 0.717) is 11.3 Å². The maximum absolute atomic E-state index is 13.2. The topological polar surface area (TPSA) is 266 Å². The third-order valence-electron chi connectivity index (χ3n) is 8.90. The number of benzene rings is 5. The van der Waals surface area contributed by atoms with Gasteiger partial charge >= 0.3 is 5.97 Å². The van der Waals surface area contributed by atoms with E-state index >= 15 is 0 Å². The van der Waals surface area contributed by atoms with Gasteiger partial charge in [0.15, 0.2) is 11.5 Å². The molecule has 310 valence electrons. The molecule has 17 nitrogen and oxygen atoms in total. The molecule has 0 bridgehead atoms. The summed E-state index contributed by atoms with van der Waals surface area (Å²) >= 11 is 0. The van der Waals surface area contributed by atoms with E-state index in [9.17, 15) is 49.3 Å². The second-order valence-electron chi connectivity index (χ2n) is 13.1. The van der Waals surface area contributed by atoms with Crippen molar-refractivity contribution in [2.75, 3.05) is 35.5 Å². The number of carbonyl (C=O) groups is 6. The Balaban J connectivity index is 1.16. The van der Waals surface area contributed by atoms with Gasteiger partial charge in [-0.2, -0.15) is 5.26 Å². The van der Waals surface area contributed by atoms with Crippen LogP contribution in [0, 0.1) is 11.3 Å². The Labute approximate surface area is 348 Å². The van der Waals surface area contributed by atoms with Gasteiger partial charge in [-0.1, -0.05) is 12.1 Å². The molecule has 0 saturated heterocycles. The second-order valence-corrected chi connectivity index (χ2v) is 13.1. The minimum atomic E-state index is -1.39. The van der Waals surface area contributed by atoms with E-state index in [0.717, 1.165) is 11.6 Å². The lowest BCUT2D eigenvalue weighted by Gasteiger charge is -2.16. The van der Waals surface area contributed by atoms with Crippen LogP contribution in [0.25, 0.3) is 6.08 Å². The first-order chi connectivity index (χ1) is 29.2. The van der Waals surface area contributed by atoms with Gasteiger partial charge in [0.1, 0.15) is 23.1 Å². The van der Waals surface area contributed by atoms with Crippen LogP contribution >= 0.6 is 0 Å². The lowest BCUT2D eigenvalue weighted by atomic mass is 10.1. The van der Waals surface area contributed by atoms with Crippen molar-refractivity contribution in [2.45, 2.75) is 19.4 Å². The molecule has 1 unspecified atom stereocenters. The maximum atomic E-state index is 13.2. The van der Waals surface area contributed by atoms with E-state index in [2.05, 4.69) is 26.6 Å². The fraction of sp³-hybridized carbons (Fsp3) is 0.114. The van der Waals surface area contributed by atoms with Crippen molar-refractivity contribution >= 4 is 64.3 Å². The molecule has 5 aromatic rings. The molecule has 0 saturated carbocycles. The Morgan fingerprint density at radius 1 is 0.689 bits per heavy atom. The number of aromatic carboxylic acids is 1. The summed E-state index contributed by atoms with van der Waals surface area (Å²) < 4.78 is 10.5. The van der Waals surface area contributed by atoms with Crippen molar-refractivity contribution in [3.8, 4) is 29.1 Å². The molecule has 0 aliphatic rings. The number of hydrogen-bond donors (Lipinski definition) is 8. The Morgan fingerprint density at radius 3 is 1.84 bits per heavy atom. The highest BCUT2D eigenvalue weighted by atomic mass is 16.5. The van der Waals surface area contributed by atoms with Gasteiger partial charge < -0.3 is 51.4 Å². The first-order valence-electron chi connectivity index (χ1n) is 18.1. The maximum Gasteiger partial charge on any atom is 0.339 e. The number of phenolic OH excluding ortho intramolecular Hbond substituents is 1. The average molecular weight is 827 g/mol. The van der Waals surface area contributed by atoms with Crippen molar-refractivity contribution in [1.29, 1.82) is 5.26 Å². The molecule has 1 atom stereocenters. The van der Waals surface area contributed by atoms with Gasteiger partial charge in [0.2, 0.25) is 5.91 Å². The molecule has 5 aromatic carbocycles. The Kier molecular flexibility index (Phi) is 14.0. The van der Waals surface area contributed by atoms with Crippen LogP contribution in [0.5, 0.6) is 23.0 Å². The fourth-order valence-corrected chi connectivity index (χ4v) is 5.67. The van der Waals surface area contributed by atoms with E-state index in [4.69, 9.17) is 9.47 Å². The monoisotopic (exact) mass is 826 g/mol. The van der Waals surface area contributed by atoms with E-state index in [1.54, 1.807) is 25.1 Å². The summed E-state index contributed by atoms with van der Waals surface area (Å²) in [5.74, 6) is -4.99. The molecule has 0 aliphatic heterocycles. The van der Waals surface area contributed by atoms with Crippen molar-refractivity contribution in [2.24, 2.45) is 0 Å². The molecule has 0 heterocycles. The first-order valence-corrected chi connectivity index (χ1v) is 18.1. The van der Waals surface area contributed by atoms with E-state index < -0.39 is 47.0 Å². The number of nitrogens with zero attached hydrogens (tertiary/aromatic N) is 1. The summed E-state index contributed by atoms with van der Waals surface area (Å²) in [6, 6.07) is 25.2. The van der Waals surface area contributed by atoms with Crippen molar-refractivity contribution in [3.63, 3.8) is 0 Å². The van der Waals surface area contributed by atoms with Crippen molar-refractivity contribution in [3.05, 3.63) is 137 Å². The fourth-order valence-electron chi connectivity index (χ4n) is 5.67. The second kappa shape index (κ2) is 19.7. The number of nitriles is 1. The van der Waals surface area contributed by atoms with E-state index in [-0.39, 0.29) is 63.3 Å². The number of carboxylic acids is 1. The van der Waals surface area contributed by atoms with Gasteiger partial charge in [-0.15, -0.1) is 0 Å². The summed E-state index contributed by atoms with van der Waals surface area (Å²) in [6.07, 6.45) is 1.30. The molecule has 0 fully saturated rings. The van der Waals surface area contributed by atoms with Gasteiger partial charge in [0, 0.05) is 33.6 Å². The Bertz CT molecular complexity index is 2570. The molecule has 5 rings (SSSR count). The van der Waals surface area contributed by atoms with Crippen LogP contribution in [0.2, 0.25) is 0 Å². The zero-order valence-electron chi connectivity index (χ0n) is 32.7. The number of methoxy groups -OCH3 is 2. The van der Waals surface area contributed by atoms with E-state index in [1.807, 2.05) is 6.07 Å². The van der Waals surface area contributed by atoms with Crippen LogP contribution in [-0.2, 0) is 9.59 Å². The summed E-state index contributed by atoms with van der Waals surface area (Å²) in [5, 5.41) is 51.5. The highest BCUT2D eigenvalue weighted by Gasteiger charge is 2.23. The minimum absolute atomic E-state index is 0.00983. The normalized spacial score (nSPS) is 11.2. The summed E-state index contributed by atoms with van der Waals surface area (Å²) in [6.45, 7) is 1.63. The molecule has 8 N–H and O–H groups in total. The highest BCUT2D eigenvalue weighted by Crippen LogP contribution is 2.38. The number of carboxylic acid groups (broad SMARTS) is 1. The number of carbonyl (C=O) groups excluding carboxylic acids is 5. The molecule has 0 aliphatic carbocycles. The van der Waals surface area contributed by atoms with Crippen LogP contribution in [0.15, 0.2) is 109 Å².